The standard InChI is InChI=1S/C21H23N3O3S/c1-15-8-9-19(14-16(15)2)28(25,26)24-12-10-18(11-13-24)21-22-20(23-27-21)17-6-4-3-5-7-17/h3-9,14,18H,10-13H2,1-2H3. The number of hydrogen-bond acceptors (Lipinski definition) is 5. The summed E-state index contributed by atoms with van der Waals surface area (Å²) in [7, 11) is -3.48. The summed E-state index contributed by atoms with van der Waals surface area (Å²) in [5.41, 5.74) is 2.98. The Morgan fingerprint density at radius 3 is 2.39 bits per heavy atom. The van der Waals surface area contributed by atoms with Crippen molar-refractivity contribution in [2.45, 2.75) is 37.5 Å². The van der Waals surface area contributed by atoms with Crippen LogP contribution in [-0.4, -0.2) is 36.0 Å². The average molecular weight is 398 g/mol. The van der Waals surface area contributed by atoms with Gasteiger partial charge in [-0.15, -0.1) is 0 Å². The van der Waals surface area contributed by atoms with Crippen molar-refractivity contribution in [1.82, 2.24) is 14.4 Å². The summed E-state index contributed by atoms with van der Waals surface area (Å²) in [4.78, 5) is 4.88. The smallest absolute Gasteiger partial charge is 0.243 e. The molecule has 1 aromatic heterocycles. The van der Waals surface area contributed by atoms with Gasteiger partial charge in [-0.25, -0.2) is 8.42 Å². The maximum absolute atomic E-state index is 13.0. The van der Waals surface area contributed by atoms with E-state index >= 15 is 0 Å². The molecule has 0 saturated carbocycles. The Kier molecular flexibility index (Phi) is 5.03. The minimum Gasteiger partial charge on any atom is -0.339 e. The summed E-state index contributed by atoms with van der Waals surface area (Å²) in [6, 6.07) is 15.0. The van der Waals surface area contributed by atoms with Crippen LogP contribution in [0.1, 0.15) is 35.8 Å². The Morgan fingerprint density at radius 1 is 1.00 bits per heavy atom. The molecule has 2 aromatic carbocycles. The summed E-state index contributed by atoms with van der Waals surface area (Å²) in [5, 5.41) is 4.08. The third-order valence-corrected chi connectivity index (χ3v) is 7.29. The van der Waals surface area contributed by atoms with Crippen molar-refractivity contribution in [3.05, 3.63) is 65.5 Å². The molecular formula is C21H23N3O3S. The van der Waals surface area contributed by atoms with E-state index in [1.54, 1.807) is 16.4 Å². The van der Waals surface area contributed by atoms with Crippen LogP contribution in [0, 0.1) is 13.8 Å². The van der Waals surface area contributed by atoms with Crippen molar-refractivity contribution >= 4 is 10.0 Å². The number of sulfonamides is 1. The van der Waals surface area contributed by atoms with E-state index in [0.717, 1.165) is 16.7 Å². The maximum atomic E-state index is 13.0. The number of nitrogens with zero attached hydrogens (tertiary/aromatic N) is 3. The predicted molar refractivity (Wildman–Crippen MR) is 106 cm³/mol. The molecular weight excluding hydrogens is 374 g/mol. The number of hydrogen-bond donors (Lipinski definition) is 0. The lowest BCUT2D eigenvalue weighted by molar-refractivity contribution is 0.271. The molecule has 1 aliphatic rings. The van der Waals surface area contributed by atoms with Gasteiger partial charge >= 0.3 is 0 Å². The molecule has 0 bridgehead atoms. The van der Waals surface area contributed by atoms with Gasteiger partial charge in [0.1, 0.15) is 0 Å². The van der Waals surface area contributed by atoms with Gasteiger partial charge < -0.3 is 4.52 Å². The van der Waals surface area contributed by atoms with Crippen molar-refractivity contribution in [3.63, 3.8) is 0 Å². The van der Waals surface area contributed by atoms with Gasteiger partial charge in [0, 0.05) is 24.6 Å². The molecule has 1 fully saturated rings. The predicted octanol–water partition coefficient (Wildman–Crippen LogP) is 3.92. The second-order valence-corrected chi connectivity index (χ2v) is 9.18. The first kappa shape index (κ1) is 18.8. The molecule has 6 nitrogen and oxygen atoms in total. The molecule has 2 heterocycles. The minimum atomic E-state index is -3.48. The van der Waals surface area contributed by atoms with Crippen molar-refractivity contribution in [2.24, 2.45) is 0 Å². The highest BCUT2D eigenvalue weighted by Crippen LogP contribution is 2.31. The largest absolute Gasteiger partial charge is 0.339 e. The van der Waals surface area contributed by atoms with Gasteiger partial charge in [0.15, 0.2) is 0 Å². The zero-order valence-corrected chi connectivity index (χ0v) is 16.8. The normalized spacial score (nSPS) is 16.4. The van der Waals surface area contributed by atoms with E-state index in [4.69, 9.17) is 4.52 Å². The van der Waals surface area contributed by atoms with Gasteiger partial charge in [-0.3, -0.25) is 0 Å². The molecule has 0 unspecified atom stereocenters. The molecule has 1 saturated heterocycles. The number of aryl methyl sites for hydroxylation is 2. The first-order valence-corrected chi connectivity index (χ1v) is 10.9. The van der Waals surface area contributed by atoms with Gasteiger partial charge in [-0.2, -0.15) is 9.29 Å². The van der Waals surface area contributed by atoms with Crippen molar-refractivity contribution in [3.8, 4) is 11.4 Å². The fourth-order valence-electron chi connectivity index (χ4n) is 3.47. The van der Waals surface area contributed by atoms with E-state index in [2.05, 4.69) is 10.1 Å². The zero-order valence-electron chi connectivity index (χ0n) is 16.0. The highest BCUT2D eigenvalue weighted by Gasteiger charge is 2.32. The lowest BCUT2D eigenvalue weighted by Gasteiger charge is -2.29. The van der Waals surface area contributed by atoms with Gasteiger partial charge in [0.25, 0.3) is 0 Å². The quantitative estimate of drug-likeness (QED) is 0.667. The molecule has 0 aliphatic carbocycles. The molecule has 0 radical (unpaired) electrons. The fourth-order valence-corrected chi connectivity index (χ4v) is 5.03. The second kappa shape index (κ2) is 7.48. The Labute approximate surface area is 165 Å². The lowest BCUT2D eigenvalue weighted by Crippen LogP contribution is -2.38. The summed E-state index contributed by atoms with van der Waals surface area (Å²) in [6.07, 6.45) is 1.33. The molecule has 1 aliphatic heterocycles. The van der Waals surface area contributed by atoms with E-state index in [0.29, 0.717) is 42.5 Å². The summed E-state index contributed by atoms with van der Waals surface area (Å²) >= 11 is 0. The van der Waals surface area contributed by atoms with Gasteiger partial charge in [-0.1, -0.05) is 41.6 Å². The van der Waals surface area contributed by atoms with E-state index in [9.17, 15) is 8.42 Å². The number of rotatable bonds is 4. The van der Waals surface area contributed by atoms with Crippen LogP contribution >= 0.6 is 0 Å². The van der Waals surface area contributed by atoms with Crippen molar-refractivity contribution in [2.75, 3.05) is 13.1 Å². The summed E-state index contributed by atoms with van der Waals surface area (Å²) < 4.78 is 32.9. The Bertz CT molecular complexity index is 1070. The molecule has 146 valence electrons. The molecule has 0 atom stereocenters. The fraction of sp³-hybridized carbons (Fsp3) is 0.333. The Balaban J connectivity index is 1.46. The molecule has 0 amide bonds. The van der Waals surface area contributed by atoms with Crippen LogP contribution in [0.2, 0.25) is 0 Å². The molecule has 4 rings (SSSR count). The molecule has 0 spiro atoms. The topological polar surface area (TPSA) is 76.3 Å². The van der Waals surface area contributed by atoms with E-state index in [1.807, 2.05) is 50.2 Å². The third kappa shape index (κ3) is 3.59. The Hall–Kier alpha value is -2.51. The summed E-state index contributed by atoms with van der Waals surface area (Å²) in [6.45, 7) is 4.80. The minimum absolute atomic E-state index is 0.0798. The molecule has 28 heavy (non-hydrogen) atoms. The van der Waals surface area contributed by atoms with Gasteiger partial charge in [0.05, 0.1) is 4.90 Å². The second-order valence-electron chi connectivity index (χ2n) is 7.25. The van der Waals surface area contributed by atoms with Crippen LogP contribution in [0.25, 0.3) is 11.4 Å². The monoisotopic (exact) mass is 397 g/mol. The Morgan fingerprint density at radius 2 is 1.71 bits per heavy atom. The molecule has 0 N–H and O–H groups in total. The first-order chi connectivity index (χ1) is 13.4. The number of benzene rings is 2. The number of piperidine rings is 1. The third-order valence-electron chi connectivity index (χ3n) is 5.39. The van der Waals surface area contributed by atoms with Crippen LogP contribution in [0.15, 0.2) is 57.9 Å². The van der Waals surface area contributed by atoms with E-state index in [1.165, 1.54) is 0 Å². The van der Waals surface area contributed by atoms with E-state index in [-0.39, 0.29) is 5.92 Å². The van der Waals surface area contributed by atoms with Gasteiger partial charge in [-0.05, 0) is 49.9 Å². The van der Waals surface area contributed by atoms with Crippen LogP contribution in [-0.2, 0) is 10.0 Å². The van der Waals surface area contributed by atoms with Crippen LogP contribution in [0.4, 0.5) is 0 Å². The van der Waals surface area contributed by atoms with E-state index < -0.39 is 10.0 Å². The molecule has 7 heteroatoms. The average Bonchev–Trinajstić information content (AvgIpc) is 3.21. The SMILES string of the molecule is Cc1ccc(S(=O)(=O)N2CCC(c3nc(-c4ccccc4)no3)CC2)cc1C. The van der Waals surface area contributed by atoms with Crippen molar-refractivity contribution < 1.29 is 12.9 Å². The van der Waals surface area contributed by atoms with Crippen molar-refractivity contribution in [1.29, 1.82) is 0 Å². The van der Waals surface area contributed by atoms with Crippen LogP contribution in [0.5, 0.6) is 0 Å². The highest BCUT2D eigenvalue weighted by molar-refractivity contribution is 7.89. The molecule has 3 aromatic rings. The summed E-state index contributed by atoms with van der Waals surface area (Å²) in [5.74, 6) is 1.24. The van der Waals surface area contributed by atoms with Gasteiger partial charge in [0.2, 0.25) is 21.7 Å². The van der Waals surface area contributed by atoms with Crippen LogP contribution < -0.4 is 0 Å². The first-order valence-electron chi connectivity index (χ1n) is 9.41. The zero-order chi connectivity index (χ0) is 19.7. The number of aromatic nitrogens is 2. The van der Waals surface area contributed by atoms with Crippen LogP contribution in [0.3, 0.4) is 0 Å². The highest BCUT2D eigenvalue weighted by atomic mass is 32.2. The maximum Gasteiger partial charge on any atom is 0.243 e. The lowest BCUT2D eigenvalue weighted by atomic mass is 9.98.